The van der Waals surface area contributed by atoms with Crippen molar-refractivity contribution in [1.82, 2.24) is 20.1 Å². The van der Waals surface area contributed by atoms with Crippen molar-refractivity contribution in [2.45, 2.75) is 19.3 Å². The third-order valence-corrected chi connectivity index (χ3v) is 4.08. The first-order valence-corrected chi connectivity index (χ1v) is 6.44. The van der Waals surface area contributed by atoms with Gasteiger partial charge in [-0.1, -0.05) is 6.42 Å². The van der Waals surface area contributed by atoms with Gasteiger partial charge in [0.05, 0.1) is 22.7 Å². The molecule has 4 rings (SSSR count). The van der Waals surface area contributed by atoms with Crippen LogP contribution in [0.15, 0.2) is 12.4 Å². The fraction of sp³-hybridized carbons (Fsp3) is 0.385. The van der Waals surface area contributed by atoms with Crippen LogP contribution < -0.4 is 0 Å². The normalized spacial score (nSPS) is 19.1. The van der Waals surface area contributed by atoms with E-state index in [4.69, 9.17) is 0 Å². The molecule has 0 radical (unpaired) electrons. The molecule has 2 amide bonds. The molecule has 96 valence electrons. The number of carbonyl (C=O) groups is 2. The lowest BCUT2D eigenvalue weighted by molar-refractivity contribution is 0.0602. The fourth-order valence-electron chi connectivity index (χ4n) is 2.76. The molecule has 0 saturated heterocycles. The molecule has 2 aliphatic rings. The molecule has 1 saturated carbocycles. The number of aromatic amines is 1. The molecule has 0 atom stereocenters. The van der Waals surface area contributed by atoms with E-state index in [1.54, 1.807) is 6.20 Å². The lowest BCUT2D eigenvalue weighted by atomic mass is 9.85. The zero-order chi connectivity index (χ0) is 13.0. The maximum Gasteiger partial charge on any atom is 0.263 e. The number of fused-ring (bicyclic) bond motifs is 3. The highest BCUT2D eigenvalue weighted by molar-refractivity contribution is 6.25. The molecule has 0 aromatic carbocycles. The number of H-pyrrole nitrogens is 1. The van der Waals surface area contributed by atoms with Crippen molar-refractivity contribution in [1.29, 1.82) is 0 Å². The van der Waals surface area contributed by atoms with Gasteiger partial charge >= 0.3 is 0 Å². The van der Waals surface area contributed by atoms with Gasteiger partial charge in [0.25, 0.3) is 11.8 Å². The number of hydrogen-bond acceptors (Lipinski definition) is 4. The lowest BCUT2D eigenvalue weighted by Crippen LogP contribution is -2.36. The van der Waals surface area contributed by atoms with Crippen LogP contribution in [0.3, 0.4) is 0 Å². The number of pyridine rings is 1. The van der Waals surface area contributed by atoms with E-state index in [0.717, 1.165) is 12.8 Å². The van der Waals surface area contributed by atoms with Gasteiger partial charge in [0.1, 0.15) is 0 Å². The van der Waals surface area contributed by atoms with Gasteiger partial charge in [0.2, 0.25) is 0 Å². The fourth-order valence-corrected chi connectivity index (χ4v) is 2.76. The van der Waals surface area contributed by atoms with Crippen molar-refractivity contribution >= 4 is 22.8 Å². The molecule has 1 aliphatic heterocycles. The maximum absolute atomic E-state index is 12.4. The molecular formula is C13H12N4O2. The summed E-state index contributed by atoms with van der Waals surface area (Å²) >= 11 is 0. The molecule has 1 N–H and O–H groups in total. The number of hydrogen-bond donors (Lipinski definition) is 1. The Hall–Kier alpha value is -2.24. The summed E-state index contributed by atoms with van der Waals surface area (Å²) in [4.78, 5) is 30.2. The van der Waals surface area contributed by atoms with E-state index < -0.39 is 0 Å². The van der Waals surface area contributed by atoms with E-state index in [0.29, 0.717) is 34.6 Å². The van der Waals surface area contributed by atoms with E-state index in [1.807, 2.05) is 0 Å². The minimum Gasteiger partial charge on any atom is -0.274 e. The number of amides is 2. The largest absolute Gasteiger partial charge is 0.274 e. The number of carbonyl (C=O) groups excluding carboxylic acids is 2. The molecule has 6 heteroatoms. The summed E-state index contributed by atoms with van der Waals surface area (Å²) in [6, 6.07) is 0. The zero-order valence-electron chi connectivity index (χ0n) is 10.2. The summed E-state index contributed by atoms with van der Waals surface area (Å²) in [5.41, 5.74) is 1.40. The highest BCUT2D eigenvalue weighted by Crippen LogP contribution is 2.32. The van der Waals surface area contributed by atoms with Gasteiger partial charge in [-0.15, -0.1) is 0 Å². The van der Waals surface area contributed by atoms with Gasteiger partial charge in [0, 0.05) is 12.7 Å². The Kier molecular flexibility index (Phi) is 2.04. The molecule has 0 bridgehead atoms. The first-order valence-electron chi connectivity index (χ1n) is 6.44. The van der Waals surface area contributed by atoms with Crippen molar-refractivity contribution in [2.24, 2.45) is 5.92 Å². The zero-order valence-corrected chi connectivity index (χ0v) is 10.2. The van der Waals surface area contributed by atoms with Crippen LogP contribution in [-0.2, 0) is 0 Å². The standard InChI is InChI=1S/C13H12N4O2/c18-12-9-4-14-11-8(5-15-16-11)10(9)13(19)17(12)6-7-2-1-3-7/h4-5,7H,1-3,6H2,(H,14,15,16). The molecule has 6 nitrogen and oxygen atoms in total. The Morgan fingerprint density at radius 2 is 2.11 bits per heavy atom. The Morgan fingerprint density at radius 3 is 2.84 bits per heavy atom. The average molecular weight is 256 g/mol. The van der Waals surface area contributed by atoms with Crippen LogP contribution in [0, 0.1) is 5.92 Å². The van der Waals surface area contributed by atoms with Crippen LogP contribution in [0.25, 0.3) is 11.0 Å². The van der Waals surface area contributed by atoms with Crippen LogP contribution in [0.2, 0.25) is 0 Å². The number of nitrogens with one attached hydrogen (secondary N) is 1. The number of rotatable bonds is 2. The molecule has 2 aromatic rings. The van der Waals surface area contributed by atoms with Crippen molar-refractivity contribution in [3.05, 3.63) is 23.5 Å². The second-order valence-corrected chi connectivity index (χ2v) is 5.20. The summed E-state index contributed by atoms with van der Waals surface area (Å²) in [5, 5.41) is 7.23. The number of imide groups is 1. The van der Waals surface area contributed by atoms with E-state index in [9.17, 15) is 9.59 Å². The molecule has 0 unspecified atom stereocenters. The van der Waals surface area contributed by atoms with E-state index in [-0.39, 0.29) is 11.8 Å². The lowest BCUT2D eigenvalue weighted by Gasteiger charge is -2.28. The second-order valence-electron chi connectivity index (χ2n) is 5.20. The summed E-state index contributed by atoms with van der Waals surface area (Å²) in [6.07, 6.45) is 6.43. The molecular weight excluding hydrogens is 244 g/mol. The van der Waals surface area contributed by atoms with E-state index in [2.05, 4.69) is 15.2 Å². The topological polar surface area (TPSA) is 79.0 Å². The minimum atomic E-state index is -0.220. The van der Waals surface area contributed by atoms with Gasteiger partial charge in [-0.2, -0.15) is 5.10 Å². The third-order valence-electron chi connectivity index (χ3n) is 4.08. The van der Waals surface area contributed by atoms with Crippen LogP contribution in [-0.4, -0.2) is 38.4 Å². The van der Waals surface area contributed by atoms with Crippen LogP contribution >= 0.6 is 0 Å². The molecule has 0 spiro atoms. The summed E-state index contributed by atoms with van der Waals surface area (Å²) in [5.74, 6) is 0.0400. The first-order chi connectivity index (χ1) is 9.25. The second kappa shape index (κ2) is 3.63. The monoisotopic (exact) mass is 256 g/mol. The molecule has 3 heterocycles. The van der Waals surface area contributed by atoms with Crippen LogP contribution in [0.1, 0.15) is 40.0 Å². The molecule has 1 fully saturated rings. The SMILES string of the molecule is O=C1c2cnc3[nH]ncc3c2C(=O)N1CC1CCC1. The van der Waals surface area contributed by atoms with Crippen LogP contribution in [0.4, 0.5) is 0 Å². The van der Waals surface area contributed by atoms with Crippen molar-refractivity contribution < 1.29 is 9.59 Å². The molecule has 1 aliphatic carbocycles. The molecule has 2 aromatic heterocycles. The van der Waals surface area contributed by atoms with Crippen molar-refractivity contribution in [2.75, 3.05) is 6.54 Å². The Morgan fingerprint density at radius 1 is 1.26 bits per heavy atom. The van der Waals surface area contributed by atoms with Gasteiger partial charge < -0.3 is 0 Å². The third kappa shape index (κ3) is 1.36. The molecule has 19 heavy (non-hydrogen) atoms. The van der Waals surface area contributed by atoms with Gasteiger partial charge in [-0.05, 0) is 18.8 Å². The minimum absolute atomic E-state index is 0.208. The van der Waals surface area contributed by atoms with Crippen molar-refractivity contribution in [3.8, 4) is 0 Å². The highest BCUT2D eigenvalue weighted by atomic mass is 16.2. The predicted molar refractivity (Wildman–Crippen MR) is 66.6 cm³/mol. The smallest absolute Gasteiger partial charge is 0.263 e. The quantitative estimate of drug-likeness (QED) is 0.823. The maximum atomic E-state index is 12.4. The summed E-state index contributed by atoms with van der Waals surface area (Å²) in [6.45, 7) is 0.533. The Bertz CT molecular complexity index is 702. The summed E-state index contributed by atoms with van der Waals surface area (Å²) in [7, 11) is 0. The predicted octanol–water partition coefficient (Wildman–Crippen LogP) is 1.35. The highest BCUT2D eigenvalue weighted by Gasteiger charge is 2.39. The first kappa shape index (κ1) is 10.7. The average Bonchev–Trinajstić information content (AvgIpc) is 2.90. The van der Waals surface area contributed by atoms with Gasteiger partial charge in [-0.3, -0.25) is 19.6 Å². The van der Waals surface area contributed by atoms with Gasteiger partial charge in [-0.25, -0.2) is 4.98 Å². The Balaban J connectivity index is 1.80. The van der Waals surface area contributed by atoms with Gasteiger partial charge in [0.15, 0.2) is 5.65 Å². The summed E-state index contributed by atoms with van der Waals surface area (Å²) < 4.78 is 0. The van der Waals surface area contributed by atoms with E-state index in [1.165, 1.54) is 17.5 Å². The Labute approximate surface area is 108 Å². The number of nitrogens with zero attached hydrogens (tertiary/aromatic N) is 3. The van der Waals surface area contributed by atoms with E-state index >= 15 is 0 Å². The number of aromatic nitrogens is 3. The van der Waals surface area contributed by atoms with Crippen molar-refractivity contribution in [3.63, 3.8) is 0 Å². The van der Waals surface area contributed by atoms with Crippen LogP contribution in [0.5, 0.6) is 0 Å².